The molecule has 2 N–H and O–H groups in total. The summed E-state index contributed by atoms with van der Waals surface area (Å²) >= 11 is 2.59. The lowest BCUT2D eigenvalue weighted by molar-refractivity contribution is 1.08. The van der Waals surface area contributed by atoms with Gasteiger partial charge in [0.2, 0.25) is 0 Å². The van der Waals surface area contributed by atoms with E-state index >= 15 is 0 Å². The Morgan fingerprint density at radius 1 is 1.40 bits per heavy atom. The van der Waals surface area contributed by atoms with Crippen LogP contribution >= 0.6 is 23.1 Å². The molecule has 7 heteroatoms. The van der Waals surface area contributed by atoms with Gasteiger partial charge in [-0.3, -0.25) is 9.78 Å². The summed E-state index contributed by atoms with van der Waals surface area (Å²) in [6, 6.07) is 1.99. The van der Waals surface area contributed by atoms with Gasteiger partial charge in [0.05, 0.1) is 9.73 Å². The van der Waals surface area contributed by atoms with Crippen molar-refractivity contribution in [2.45, 2.75) is 4.21 Å². The Morgan fingerprint density at radius 3 is 2.73 bits per heavy atom. The van der Waals surface area contributed by atoms with Gasteiger partial charge in [0.1, 0.15) is 16.3 Å². The van der Waals surface area contributed by atoms with Crippen molar-refractivity contribution in [3.05, 3.63) is 26.4 Å². The van der Waals surface area contributed by atoms with Gasteiger partial charge in [0.25, 0.3) is 5.56 Å². The van der Waals surface area contributed by atoms with Gasteiger partial charge in [-0.2, -0.15) is 5.26 Å². The second kappa shape index (κ2) is 3.56. The topological polar surface area (TPSA) is 89.5 Å². The van der Waals surface area contributed by atoms with E-state index in [0.717, 1.165) is 4.21 Å². The maximum absolute atomic E-state index is 11.4. The van der Waals surface area contributed by atoms with Gasteiger partial charge < -0.3 is 4.98 Å². The molecule has 2 aromatic heterocycles. The lowest BCUT2D eigenvalue weighted by atomic mass is 10.3. The van der Waals surface area contributed by atoms with Crippen LogP contribution in [0.25, 0.3) is 10.2 Å². The quantitative estimate of drug-likeness (QED) is 0.722. The van der Waals surface area contributed by atoms with Gasteiger partial charge in [-0.1, -0.05) is 0 Å². The van der Waals surface area contributed by atoms with Crippen molar-refractivity contribution in [3.63, 3.8) is 0 Å². The van der Waals surface area contributed by atoms with Crippen molar-refractivity contribution in [1.29, 1.82) is 5.26 Å². The SMILES string of the molecule is CSc1sc2c(=O)[nH]c(=O)[nH]c2c1C#N. The number of nitrogens with one attached hydrogen (secondary N) is 2. The number of hydrogen-bond donors (Lipinski definition) is 2. The molecule has 0 spiro atoms. The minimum Gasteiger partial charge on any atom is -0.305 e. The summed E-state index contributed by atoms with van der Waals surface area (Å²) in [4.78, 5) is 27.1. The summed E-state index contributed by atoms with van der Waals surface area (Å²) in [5, 5.41) is 8.93. The van der Waals surface area contributed by atoms with Crippen LogP contribution in [0.5, 0.6) is 0 Å². The van der Waals surface area contributed by atoms with E-state index in [4.69, 9.17) is 5.26 Å². The van der Waals surface area contributed by atoms with E-state index in [1.165, 1.54) is 23.1 Å². The molecule has 5 nitrogen and oxygen atoms in total. The molecular formula is C8H5N3O2S2. The Hall–Kier alpha value is -1.52. The van der Waals surface area contributed by atoms with E-state index < -0.39 is 11.2 Å². The second-order valence-corrected chi connectivity index (χ2v) is 4.79. The number of rotatable bonds is 1. The van der Waals surface area contributed by atoms with Crippen molar-refractivity contribution in [3.8, 4) is 6.07 Å². The largest absolute Gasteiger partial charge is 0.326 e. The third kappa shape index (κ3) is 1.48. The van der Waals surface area contributed by atoms with Crippen molar-refractivity contribution < 1.29 is 0 Å². The number of thioether (sulfide) groups is 1. The number of hydrogen-bond acceptors (Lipinski definition) is 5. The van der Waals surface area contributed by atoms with Gasteiger partial charge in [0.15, 0.2) is 0 Å². The van der Waals surface area contributed by atoms with Crippen LogP contribution in [-0.4, -0.2) is 16.2 Å². The molecule has 15 heavy (non-hydrogen) atoms. The molecule has 0 atom stereocenters. The van der Waals surface area contributed by atoms with Crippen molar-refractivity contribution in [2.75, 3.05) is 6.26 Å². The highest BCUT2D eigenvalue weighted by atomic mass is 32.2. The van der Waals surface area contributed by atoms with Gasteiger partial charge in [0, 0.05) is 0 Å². The minimum atomic E-state index is -0.588. The number of thiophene rings is 1. The second-order valence-electron chi connectivity index (χ2n) is 2.69. The average Bonchev–Trinajstić information content (AvgIpc) is 2.55. The predicted octanol–water partition coefficient (Wildman–Crippen LogP) is 0.871. The predicted molar refractivity (Wildman–Crippen MR) is 59.6 cm³/mol. The van der Waals surface area contributed by atoms with Gasteiger partial charge in [-0.25, -0.2) is 4.79 Å². The molecule has 0 unspecified atom stereocenters. The van der Waals surface area contributed by atoms with Crippen LogP contribution in [0, 0.1) is 11.3 Å². The van der Waals surface area contributed by atoms with E-state index in [9.17, 15) is 9.59 Å². The fourth-order valence-corrected chi connectivity index (χ4v) is 3.01. The van der Waals surface area contributed by atoms with Gasteiger partial charge >= 0.3 is 5.69 Å². The lowest BCUT2D eigenvalue weighted by Gasteiger charge is -1.88. The molecule has 0 bridgehead atoms. The number of aromatic nitrogens is 2. The first-order valence-electron chi connectivity index (χ1n) is 3.90. The van der Waals surface area contributed by atoms with Crippen LogP contribution in [0.15, 0.2) is 13.8 Å². The average molecular weight is 239 g/mol. The molecular weight excluding hydrogens is 234 g/mol. The minimum absolute atomic E-state index is 0.334. The summed E-state index contributed by atoms with van der Waals surface area (Å²) in [6.07, 6.45) is 1.82. The molecule has 0 saturated carbocycles. The smallest absolute Gasteiger partial charge is 0.305 e. The zero-order chi connectivity index (χ0) is 11.0. The van der Waals surface area contributed by atoms with Gasteiger partial charge in [-0.05, 0) is 6.26 Å². The summed E-state index contributed by atoms with van der Waals surface area (Å²) in [7, 11) is 0. The fourth-order valence-electron chi connectivity index (χ4n) is 1.24. The number of nitriles is 1. The van der Waals surface area contributed by atoms with Crippen LogP contribution < -0.4 is 11.2 Å². The summed E-state index contributed by atoms with van der Waals surface area (Å²) in [5.74, 6) is 0. The third-order valence-corrected chi connectivity index (χ3v) is 4.15. The van der Waals surface area contributed by atoms with Crippen LogP contribution in [-0.2, 0) is 0 Å². The maximum atomic E-state index is 11.4. The van der Waals surface area contributed by atoms with E-state index in [0.29, 0.717) is 15.8 Å². The highest BCUT2D eigenvalue weighted by molar-refractivity contribution is 8.00. The molecule has 0 radical (unpaired) electrons. The highest BCUT2D eigenvalue weighted by Gasteiger charge is 2.14. The summed E-state index contributed by atoms with van der Waals surface area (Å²) in [5.41, 5.74) is -0.337. The third-order valence-electron chi connectivity index (χ3n) is 1.84. The Balaban J connectivity index is 3.04. The summed E-state index contributed by atoms with van der Waals surface area (Å²) in [6.45, 7) is 0. The first-order chi connectivity index (χ1) is 7.17. The molecule has 0 fully saturated rings. The maximum Gasteiger partial charge on any atom is 0.326 e. The summed E-state index contributed by atoms with van der Waals surface area (Å²) < 4.78 is 1.12. The van der Waals surface area contributed by atoms with E-state index in [2.05, 4.69) is 9.97 Å². The molecule has 2 heterocycles. The van der Waals surface area contributed by atoms with Crippen LogP contribution in [0.2, 0.25) is 0 Å². The van der Waals surface area contributed by atoms with Crippen LogP contribution in [0.1, 0.15) is 5.56 Å². The van der Waals surface area contributed by atoms with Crippen LogP contribution in [0.4, 0.5) is 0 Å². The zero-order valence-electron chi connectivity index (χ0n) is 7.58. The molecule has 0 aliphatic rings. The van der Waals surface area contributed by atoms with Gasteiger partial charge in [-0.15, -0.1) is 23.1 Å². The standard InChI is InChI=1S/C8H5N3O2S2/c1-14-7-3(2-9)4-5(15-7)6(12)11-8(13)10-4/h1H3,(H2,10,11,12,13). The molecule has 0 aliphatic heterocycles. The van der Waals surface area contributed by atoms with Crippen molar-refractivity contribution in [2.24, 2.45) is 0 Å². The molecule has 0 amide bonds. The lowest BCUT2D eigenvalue weighted by Crippen LogP contribution is -2.20. The van der Waals surface area contributed by atoms with E-state index in [1.54, 1.807) is 0 Å². The number of nitrogens with zero attached hydrogens (tertiary/aromatic N) is 1. The Morgan fingerprint density at radius 2 is 2.13 bits per heavy atom. The molecule has 2 rings (SSSR count). The monoisotopic (exact) mass is 239 g/mol. The molecule has 76 valence electrons. The first-order valence-corrected chi connectivity index (χ1v) is 5.94. The number of H-pyrrole nitrogens is 2. The van der Waals surface area contributed by atoms with E-state index in [-0.39, 0.29) is 0 Å². The Kier molecular flexibility index (Phi) is 2.38. The first kappa shape index (κ1) is 10.0. The normalized spacial score (nSPS) is 10.4. The van der Waals surface area contributed by atoms with E-state index in [1.807, 2.05) is 12.3 Å². The number of fused-ring (bicyclic) bond motifs is 1. The molecule has 0 aromatic carbocycles. The van der Waals surface area contributed by atoms with Crippen molar-refractivity contribution >= 4 is 33.3 Å². The number of aromatic amines is 2. The molecule has 2 aromatic rings. The fraction of sp³-hybridized carbons (Fsp3) is 0.125. The zero-order valence-corrected chi connectivity index (χ0v) is 9.21. The van der Waals surface area contributed by atoms with Crippen molar-refractivity contribution in [1.82, 2.24) is 9.97 Å². The molecule has 0 aliphatic carbocycles. The Bertz CT molecular complexity index is 674. The molecule has 0 saturated heterocycles. The Labute approximate surface area is 91.8 Å². The highest BCUT2D eigenvalue weighted by Crippen LogP contribution is 2.32. The van der Waals surface area contributed by atoms with Crippen LogP contribution in [0.3, 0.4) is 0 Å².